The zero-order valence-electron chi connectivity index (χ0n) is 18.5. The molecule has 0 unspecified atom stereocenters. The predicted molar refractivity (Wildman–Crippen MR) is 122 cm³/mol. The number of aromatic nitrogens is 1. The highest BCUT2D eigenvalue weighted by Crippen LogP contribution is 2.36. The molecule has 0 atom stereocenters. The van der Waals surface area contributed by atoms with E-state index >= 15 is 0 Å². The number of morpholine rings is 1. The van der Waals surface area contributed by atoms with E-state index in [0.29, 0.717) is 17.9 Å². The molecule has 2 N–H and O–H groups in total. The summed E-state index contributed by atoms with van der Waals surface area (Å²) >= 11 is 0. The molecule has 8 heteroatoms. The van der Waals surface area contributed by atoms with E-state index in [1.807, 2.05) is 36.1 Å². The fraction of sp³-hybridized carbons (Fsp3) is 0.417. The molecular formula is C24H28N4O4. The number of hydrogen-bond acceptors (Lipinski definition) is 5. The molecule has 3 aliphatic rings. The Balaban J connectivity index is 1.39. The minimum atomic E-state index is -0.154. The summed E-state index contributed by atoms with van der Waals surface area (Å²) < 4.78 is 10.7. The van der Waals surface area contributed by atoms with Crippen molar-refractivity contribution in [1.29, 1.82) is 0 Å². The molecule has 8 nitrogen and oxygen atoms in total. The Morgan fingerprint density at radius 3 is 2.75 bits per heavy atom. The number of methoxy groups -OCH3 is 1. The molecule has 0 bridgehead atoms. The van der Waals surface area contributed by atoms with Crippen molar-refractivity contribution >= 4 is 29.2 Å². The second kappa shape index (κ2) is 8.44. The molecule has 3 aliphatic heterocycles. The number of rotatable bonds is 5. The van der Waals surface area contributed by atoms with Crippen molar-refractivity contribution in [2.45, 2.75) is 13.3 Å². The number of ether oxygens (including phenoxy) is 2. The number of anilines is 1. The van der Waals surface area contributed by atoms with E-state index in [0.717, 1.165) is 79.6 Å². The first-order valence-corrected chi connectivity index (χ1v) is 11.1. The van der Waals surface area contributed by atoms with Crippen LogP contribution in [-0.2, 0) is 16.0 Å². The second-order valence-corrected chi connectivity index (χ2v) is 8.44. The van der Waals surface area contributed by atoms with Crippen molar-refractivity contribution in [3.8, 4) is 5.75 Å². The van der Waals surface area contributed by atoms with Crippen molar-refractivity contribution in [2.75, 3.05) is 58.4 Å². The number of benzene rings is 1. The molecule has 1 fully saturated rings. The first-order valence-electron chi connectivity index (χ1n) is 11.1. The third kappa shape index (κ3) is 3.69. The first-order chi connectivity index (χ1) is 15.5. The Hall–Kier alpha value is -3.10. The van der Waals surface area contributed by atoms with Crippen LogP contribution in [0.2, 0.25) is 0 Å². The highest BCUT2D eigenvalue weighted by atomic mass is 16.5. The maximum atomic E-state index is 13.3. The Bertz CT molecular complexity index is 1100. The maximum absolute atomic E-state index is 13.3. The van der Waals surface area contributed by atoms with Crippen LogP contribution >= 0.6 is 0 Å². The van der Waals surface area contributed by atoms with Gasteiger partial charge in [0.05, 0.1) is 31.5 Å². The normalized spacial score (nSPS) is 19.8. The van der Waals surface area contributed by atoms with Gasteiger partial charge in [-0.2, -0.15) is 0 Å². The number of carbonyl (C=O) groups excluding carboxylic acids is 2. The Morgan fingerprint density at radius 1 is 1.16 bits per heavy atom. The van der Waals surface area contributed by atoms with Crippen LogP contribution in [0, 0.1) is 6.92 Å². The number of carbonyl (C=O) groups is 2. The molecule has 0 aliphatic carbocycles. The van der Waals surface area contributed by atoms with Crippen LogP contribution in [0.25, 0.3) is 11.6 Å². The zero-order chi connectivity index (χ0) is 22.2. The van der Waals surface area contributed by atoms with Gasteiger partial charge in [-0.1, -0.05) is 0 Å². The van der Waals surface area contributed by atoms with Crippen LogP contribution < -0.4 is 10.1 Å². The molecule has 1 aromatic heterocycles. The van der Waals surface area contributed by atoms with Crippen LogP contribution in [0.4, 0.5) is 5.69 Å². The minimum Gasteiger partial charge on any atom is -0.497 e. The SMILES string of the molecule is COc1ccc2c(c1)/C(=C/c1[nH]c3c(c1C)C(=O)N(CCN1CCOCC1)CC3)C(=O)N2. The van der Waals surface area contributed by atoms with E-state index in [9.17, 15) is 9.59 Å². The lowest BCUT2D eigenvalue weighted by Crippen LogP contribution is -2.45. The van der Waals surface area contributed by atoms with Crippen molar-refractivity contribution in [3.05, 3.63) is 46.3 Å². The van der Waals surface area contributed by atoms with E-state index in [1.165, 1.54) is 0 Å². The highest BCUT2D eigenvalue weighted by Gasteiger charge is 2.31. The quantitative estimate of drug-likeness (QED) is 0.702. The lowest BCUT2D eigenvalue weighted by atomic mass is 10.0. The minimum absolute atomic E-state index is 0.0656. The lowest BCUT2D eigenvalue weighted by Gasteiger charge is -2.32. The fourth-order valence-electron chi connectivity index (χ4n) is 4.69. The highest BCUT2D eigenvalue weighted by molar-refractivity contribution is 6.35. The van der Waals surface area contributed by atoms with E-state index < -0.39 is 0 Å². The van der Waals surface area contributed by atoms with Crippen molar-refractivity contribution in [3.63, 3.8) is 0 Å². The maximum Gasteiger partial charge on any atom is 0.256 e. The molecule has 0 spiro atoms. The van der Waals surface area contributed by atoms with E-state index in [4.69, 9.17) is 9.47 Å². The summed E-state index contributed by atoms with van der Waals surface area (Å²) in [7, 11) is 1.61. The van der Waals surface area contributed by atoms with Crippen LogP contribution in [0.3, 0.4) is 0 Å². The molecular weight excluding hydrogens is 408 g/mol. The average molecular weight is 437 g/mol. The van der Waals surface area contributed by atoms with Gasteiger partial charge >= 0.3 is 0 Å². The number of fused-ring (bicyclic) bond motifs is 2. The standard InChI is InChI=1S/C24H28N4O4/c1-15-21(14-18-17-13-16(31-2)3-4-19(17)26-23(18)29)25-20-5-6-28(24(30)22(15)20)8-7-27-9-11-32-12-10-27/h3-4,13-14,25H,5-12H2,1-2H3,(H,26,29)/b18-14-. The van der Waals surface area contributed by atoms with E-state index in [-0.39, 0.29) is 11.8 Å². The summed E-state index contributed by atoms with van der Waals surface area (Å²) in [5.41, 5.74) is 5.52. The molecule has 5 rings (SSSR count). The largest absolute Gasteiger partial charge is 0.497 e. The summed E-state index contributed by atoms with van der Waals surface area (Å²) in [5, 5.41) is 2.90. The topological polar surface area (TPSA) is 86.9 Å². The molecule has 168 valence electrons. The predicted octanol–water partition coefficient (Wildman–Crippen LogP) is 2.15. The van der Waals surface area contributed by atoms with Gasteiger partial charge in [-0.15, -0.1) is 0 Å². The van der Waals surface area contributed by atoms with E-state index in [2.05, 4.69) is 15.2 Å². The van der Waals surface area contributed by atoms with E-state index in [1.54, 1.807) is 7.11 Å². The van der Waals surface area contributed by atoms with Crippen molar-refractivity contribution in [2.24, 2.45) is 0 Å². The molecule has 1 saturated heterocycles. The molecule has 1 aromatic carbocycles. The van der Waals surface area contributed by atoms with Gasteiger partial charge < -0.3 is 24.7 Å². The van der Waals surface area contributed by atoms with Crippen molar-refractivity contribution < 1.29 is 19.1 Å². The monoisotopic (exact) mass is 436 g/mol. The lowest BCUT2D eigenvalue weighted by molar-refractivity contribution is -0.110. The molecule has 4 heterocycles. The van der Waals surface area contributed by atoms with Gasteiger partial charge in [0, 0.05) is 61.8 Å². The van der Waals surface area contributed by atoms with Crippen LogP contribution in [0.5, 0.6) is 5.75 Å². The third-order valence-electron chi connectivity index (χ3n) is 6.59. The number of amides is 2. The van der Waals surface area contributed by atoms with Crippen LogP contribution in [-0.4, -0.2) is 79.6 Å². The smallest absolute Gasteiger partial charge is 0.256 e. The molecule has 2 aromatic rings. The number of hydrogen-bond donors (Lipinski definition) is 2. The number of H-pyrrole nitrogens is 1. The van der Waals surface area contributed by atoms with Gasteiger partial charge in [-0.25, -0.2) is 0 Å². The Labute approximate surface area is 187 Å². The average Bonchev–Trinajstić information content (AvgIpc) is 3.30. The van der Waals surface area contributed by atoms with Gasteiger partial charge in [0.25, 0.3) is 11.8 Å². The second-order valence-electron chi connectivity index (χ2n) is 8.44. The summed E-state index contributed by atoms with van der Waals surface area (Å²) in [4.78, 5) is 33.6. The van der Waals surface area contributed by atoms with Gasteiger partial charge in [0.1, 0.15) is 5.75 Å². The van der Waals surface area contributed by atoms with Gasteiger partial charge in [0.2, 0.25) is 0 Å². The summed E-state index contributed by atoms with van der Waals surface area (Å²) in [6.07, 6.45) is 2.63. The summed E-state index contributed by atoms with van der Waals surface area (Å²) in [6, 6.07) is 5.52. The van der Waals surface area contributed by atoms with Gasteiger partial charge in [-0.05, 0) is 36.8 Å². The van der Waals surface area contributed by atoms with Gasteiger partial charge in [-0.3, -0.25) is 14.5 Å². The summed E-state index contributed by atoms with van der Waals surface area (Å²) in [5.74, 6) is 0.606. The van der Waals surface area contributed by atoms with Crippen molar-refractivity contribution in [1.82, 2.24) is 14.8 Å². The fourth-order valence-corrected chi connectivity index (χ4v) is 4.69. The molecule has 0 radical (unpaired) electrons. The Kier molecular flexibility index (Phi) is 5.48. The Morgan fingerprint density at radius 2 is 1.97 bits per heavy atom. The molecule has 0 saturated carbocycles. The third-order valence-corrected chi connectivity index (χ3v) is 6.59. The number of nitrogens with one attached hydrogen (secondary N) is 2. The van der Waals surface area contributed by atoms with Crippen LogP contribution in [0.1, 0.15) is 32.9 Å². The molecule has 2 amide bonds. The number of aromatic amines is 1. The van der Waals surface area contributed by atoms with Crippen LogP contribution in [0.15, 0.2) is 18.2 Å². The van der Waals surface area contributed by atoms with Gasteiger partial charge in [0.15, 0.2) is 0 Å². The molecule has 32 heavy (non-hydrogen) atoms. The number of nitrogens with zero attached hydrogens (tertiary/aromatic N) is 2. The zero-order valence-corrected chi connectivity index (χ0v) is 18.5. The first kappa shape index (κ1) is 20.8. The summed E-state index contributed by atoms with van der Waals surface area (Å²) in [6.45, 7) is 7.59.